The number of hydrogen-bond donors (Lipinski definition) is 2. The standard InChI is InChI=1S/C12H18N2OS/c13-12(15)14-8-9-3-5-10(6-4-9)11-2-1-7-16-11/h1-2,7,9-10H,3-6,8H2,(H3,13,14,15). The Morgan fingerprint density at radius 1 is 1.44 bits per heavy atom. The summed E-state index contributed by atoms with van der Waals surface area (Å²) < 4.78 is 0. The molecule has 0 aliphatic heterocycles. The van der Waals surface area contributed by atoms with E-state index in [0.29, 0.717) is 5.92 Å². The fourth-order valence-electron chi connectivity index (χ4n) is 2.42. The molecule has 1 aliphatic carbocycles. The SMILES string of the molecule is NC(=O)NCC1CCC(c2cccs2)CC1. The Morgan fingerprint density at radius 2 is 2.19 bits per heavy atom. The summed E-state index contributed by atoms with van der Waals surface area (Å²) in [5.74, 6) is 1.36. The van der Waals surface area contributed by atoms with Gasteiger partial charge in [0.1, 0.15) is 0 Å². The van der Waals surface area contributed by atoms with Crippen LogP contribution in [0, 0.1) is 5.92 Å². The van der Waals surface area contributed by atoms with Gasteiger partial charge in [0.15, 0.2) is 0 Å². The summed E-state index contributed by atoms with van der Waals surface area (Å²) in [7, 11) is 0. The summed E-state index contributed by atoms with van der Waals surface area (Å²) in [4.78, 5) is 12.1. The van der Waals surface area contributed by atoms with Gasteiger partial charge < -0.3 is 11.1 Å². The molecule has 1 saturated carbocycles. The Labute approximate surface area is 100 Å². The number of thiophene rings is 1. The molecule has 0 atom stereocenters. The highest BCUT2D eigenvalue weighted by Crippen LogP contribution is 2.37. The monoisotopic (exact) mass is 238 g/mol. The molecule has 0 saturated heterocycles. The van der Waals surface area contributed by atoms with Crippen LogP contribution in [-0.4, -0.2) is 12.6 Å². The van der Waals surface area contributed by atoms with Gasteiger partial charge in [0, 0.05) is 11.4 Å². The second-order valence-corrected chi connectivity index (χ2v) is 5.46. The van der Waals surface area contributed by atoms with Gasteiger partial charge >= 0.3 is 6.03 Å². The molecule has 0 bridgehead atoms. The van der Waals surface area contributed by atoms with Crippen molar-refractivity contribution in [3.8, 4) is 0 Å². The minimum absolute atomic E-state index is 0.402. The lowest BCUT2D eigenvalue weighted by molar-refractivity contribution is 0.243. The molecule has 2 amide bonds. The number of nitrogens with one attached hydrogen (secondary N) is 1. The summed E-state index contributed by atoms with van der Waals surface area (Å²) in [6, 6.07) is 3.96. The first-order valence-electron chi connectivity index (χ1n) is 5.82. The van der Waals surface area contributed by atoms with Crippen molar-refractivity contribution < 1.29 is 4.79 Å². The van der Waals surface area contributed by atoms with Gasteiger partial charge in [-0.15, -0.1) is 11.3 Å². The number of hydrogen-bond acceptors (Lipinski definition) is 2. The van der Waals surface area contributed by atoms with Crippen LogP contribution in [0.25, 0.3) is 0 Å². The number of nitrogens with two attached hydrogens (primary N) is 1. The van der Waals surface area contributed by atoms with Crippen molar-refractivity contribution in [2.45, 2.75) is 31.6 Å². The molecule has 1 aromatic heterocycles. The van der Waals surface area contributed by atoms with Crippen molar-refractivity contribution in [3.05, 3.63) is 22.4 Å². The molecule has 1 heterocycles. The topological polar surface area (TPSA) is 55.1 Å². The van der Waals surface area contributed by atoms with E-state index in [2.05, 4.69) is 22.8 Å². The van der Waals surface area contributed by atoms with Crippen molar-refractivity contribution >= 4 is 17.4 Å². The van der Waals surface area contributed by atoms with Gasteiger partial charge in [0.25, 0.3) is 0 Å². The molecule has 1 fully saturated rings. The van der Waals surface area contributed by atoms with Gasteiger partial charge in [-0.2, -0.15) is 0 Å². The second-order valence-electron chi connectivity index (χ2n) is 4.48. The Hall–Kier alpha value is -1.03. The number of rotatable bonds is 3. The van der Waals surface area contributed by atoms with Crippen LogP contribution in [-0.2, 0) is 0 Å². The first-order valence-corrected chi connectivity index (χ1v) is 6.70. The van der Waals surface area contributed by atoms with Crippen LogP contribution >= 0.6 is 11.3 Å². The Morgan fingerprint density at radius 3 is 2.75 bits per heavy atom. The Kier molecular flexibility index (Phi) is 3.83. The zero-order chi connectivity index (χ0) is 11.4. The fraction of sp³-hybridized carbons (Fsp3) is 0.583. The molecule has 4 heteroatoms. The molecule has 0 spiro atoms. The highest BCUT2D eigenvalue weighted by molar-refractivity contribution is 7.10. The maximum atomic E-state index is 10.6. The summed E-state index contributed by atoms with van der Waals surface area (Å²) in [6.45, 7) is 0.743. The molecular formula is C12H18N2OS. The van der Waals surface area contributed by atoms with E-state index < -0.39 is 6.03 Å². The lowest BCUT2D eigenvalue weighted by Gasteiger charge is -2.27. The first-order chi connectivity index (χ1) is 7.75. The van der Waals surface area contributed by atoms with Crippen LogP contribution in [0.3, 0.4) is 0 Å². The van der Waals surface area contributed by atoms with Gasteiger partial charge in [0.05, 0.1) is 0 Å². The highest BCUT2D eigenvalue weighted by atomic mass is 32.1. The van der Waals surface area contributed by atoms with Crippen molar-refractivity contribution in [1.29, 1.82) is 0 Å². The predicted molar refractivity (Wildman–Crippen MR) is 66.6 cm³/mol. The number of primary amides is 1. The van der Waals surface area contributed by atoms with E-state index in [4.69, 9.17) is 5.73 Å². The molecule has 0 unspecified atom stereocenters. The zero-order valence-electron chi connectivity index (χ0n) is 9.32. The normalized spacial score (nSPS) is 25.2. The van der Waals surface area contributed by atoms with Crippen LogP contribution in [0.5, 0.6) is 0 Å². The molecule has 1 aromatic rings. The zero-order valence-corrected chi connectivity index (χ0v) is 10.1. The number of carbonyl (C=O) groups is 1. The molecular weight excluding hydrogens is 220 g/mol. The van der Waals surface area contributed by atoms with Crippen molar-refractivity contribution in [2.75, 3.05) is 6.54 Å². The van der Waals surface area contributed by atoms with Gasteiger partial charge in [-0.3, -0.25) is 0 Å². The van der Waals surface area contributed by atoms with Crippen LogP contribution < -0.4 is 11.1 Å². The molecule has 3 nitrogen and oxygen atoms in total. The minimum Gasteiger partial charge on any atom is -0.352 e. The maximum absolute atomic E-state index is 10.6. The van der Waals surface area contributed by atoms with Crippen molar-refractivity contribution in [1.82, 2.24) is 5.32 Å². The van der Waals surface area contributed by atoms with E-state index >= 15 is 0 Å². The van der Waals surface area contributed by atoms with Crippen LogP contribution in [0.4, 0.5) is 4.79 Å². The third kappa shape index (κ3) is 2.98. The first kappa shape index (κ1) is 11.5. The molecule has 0 aromatic carbocycles. The van der Waals surface area contributed by atoms with Crippen molar-refractivity contribution in [3.63, 3.8) is 0 Å². The van der Waals surface area contributed by atoms with E-state index in [0.717, 1.165) is 12.5 Å². The van der Waals surface area contributed by atoms with E-state index in [-0.39, 0.29) is 0 Å². The van der Waals surface area contributed by atoms with E-state index in [9.17, 15) is 4.79 Å². The Balaban J connectivity index is 1.76. The van der Waals surface area contributed by atoms with Crippen LogP contribution in [0.2, 0.25) is 0 Å². The lowest BCUT2D eigenvalue weighted by Crippen LogP contribution is -2.34. The van der Waals surface area contributed by atoms with Crippen LogP contribution in [0.1, 0.15) is 36.5 Å². The lowest BCUT2D eigenvalue weighted by atomic mass is 9.81. The molecule has 88 valence electrons. The molecule has 16 heavy (non-hydrogen) atoms. The van der Waals surface area contributed by atoms with E-state index in [1.54, 1.807) is 0 Å². The quantitative estimate of drug-likeness (QED) is 0.835. The summed E-state index contributed by atoms with van der Waals surface area (Å²) in [6.07, 6.45) is 4.88. The van der Waals surface area contributed by atoms with Gasteiger partial charge in [-0.05, 0) is 49.0 Å². The summed E-state index contributed by atoms with van der Waals surface area (Å²) in [5, 5.41) is 4.86. The van der Waals surface area contributed by atoms with Gasteiger partial charge in [-0.25, -0.2) is 4.79 Å². The predicted octanol–water partition coefficient (Wildman–Crippen LogP) is 2.69. The molecule has 1 aliphatic rings. The summed E-state index contributed by atoms with van der Waals surface area (Å²) >= 11 is 1.86. The number of carbonyl (C=O) groups excluding carboxylic acids is 1. The van der Waals surface area contributed by atoms with Gasteiger partial charge in [-0.1, -0.05) is 6.07 Å². The summed E-state index contributed by atoms with van der Waals surface area (Å²) in [5.41, 5.74) is 5.07. The highest BCUT2D eigenvalue weighted by Gasteiger charge is 2.22. The van der Waals surface area contributed by atoms with Crippen LogP contribution in [0.15, 0.2) is 17.5 Å². The van der Waals surface area contributed by atoms with E-state index in [1.807, 2.05) is 11.3 Å². The smallest absolute Gasteiger partial charge is 0.312 e. The third-order valence-electron chi connectivity index (χ3n) is 3.36. The number of urea groups is 1. The fourth-order valence-corrected chi connectivity index (χ4v) is 3.32. The largest absolute Gasteiger partial charge is 0.352 e. The van der Waals surface area contributed by atoms with Crippen molar-refractivity contribution in [2.24, 2.45) is 11.7 Å². The second kappa shape index (κ2) is 5.34. The minimum atomic E-state index is -0.402. The van der Waals surface area contributed by atoms with Gasteiger partial charge in [0.2, 0.25) is 0 Å². The third-order valence-corrected chi connectivity index (χ3v) is 4.39. The molecule has 2 rings (SSSR count). The Bertz CT molecular complexity index is 329. The van der Waals surface area contributed by atoms with E-state index in [1.165, 1.54) is 30.6 Å². The maximum Gasteiger partial charge on any atom is 0.312 e. The molecule has 3 N–H and O–H groups in total. The molecule has 0 radical (unpaired) electrons. The average molecular weight is 238 g/mol. The number of amides is 2. The average Bonchev–Trinajstić information content (AvgIpc) is 2.80.